The molecule has 0 bridgehead atoms. The van der Waals surface area contributed by atoms with Gasteiger partial charge in [-0.1, -0.05) is 11.6 Å². The van der Waals surface area contributed by atoms with E-state index in [-0.39, 0.29) is 22.9 Å². The van der Waals surface area contributed by atoms with Gasteiger partial charge >= 0.3 is 0 Å². The summed E-state index contributed by atoms with van der Waals surface area (Å²) in [6, 6.07) is 0. The highest BCUT2D eigenvalue weighted by molar-refractivity contribution is 6.25. The number of ether oxygens (including phenoxy) is 1. The lowest BCUT2D eigenvalue weighted by Crippen LogP contribution is -2.28. The Morgan fingerprint density at radius 1 is 1.35 bits per heavy atom. The zero-order valence-electron chi connectivity index (χ0n) is 10.2. The molecule has 0 spiro atoms. The number of hydrogen-bond donors (Lipinski definition) is 1. The zero-order valence-corrected chi connectivity index (χ0v) is 10.2. The quantitative estimate of drug-likeness (QED) is 0.577. The van der Waals surface area contributed by atoms with Crippen LogP contribution < -0.4 is 0 Å². The van der Waals surface area contributed by atoms with Crippen LogP contribution in [0.25, 0.3) is 0 Å². The molecule has 1 aliphatic heterocycles. The number of hydrogen-bond acceptors (Lipinski definition) is 4. The molecule has 3 atom stereocenters. The number of aliphatic hydroxyl groups is 1. The summed E-state index contributed by atoms with van der Waals surface area (Å²) < 4.78 is 5.26. The van der Waals surface area contributed by atoms with E-state index in [9.17, 15) is 14.7 Å². The predicted molar refractivity (Wildman–Crippen MR) is 61.1 cm³/mol. The van der Waals surface area contributed by atoms with Crippen LogP contribution in [0.5, 0.6) is 0 Å². The molecule has 2 rings (SSSR count). The van der Waals surface area contributed by atoms with Crippen LogP contribution in [0.3, 0.4) is 0 Å². The molecule has 1 aliphatic carbocycles. The van der Waals surface area contributed by atoms with E-state index < -0.39 is 18.1 Å². The fourth-order valence-electron chi connectivity index (χ4n) is 2.20. The van der Waals surface area contributed by atoms with Gasteiger partial charge in [-0.05, 0) is 27.2 Å². The number of carbonyl (C=O) groups is 2. The topological polar surface area (TPSA) is 63.6 Å². The SMILES string of the molecule is CC(C)=CC[C@@H]1C(=O)C2=C(OC(C)C2=O)C1O. The predicted octanol–water partition coefficient (Wildman–Crippen LogP) is 1.14. The van der Waals surface area contributed by atoms with Gasteiger partial charge in [0.25, 0.3) is 0 Å². The Bertz CT molecular complexity index is 440. The molecule has 0 amide bonds. The molecule has 4 nitrogen and oxygen atoms in total. The maximum atomic E-state index is 12.0. The van der Waals surface area contributed by atoms with Gasteiger partial charge in [-0.3, -0.25) is 9.59 Å². The number of carbonyl (C=O) groups excluding carboxylic acids is 2. The number of rotatable bonds is 2. The average molecular weight is 236 g/mol. The summed E-state index contributed by atoms with van der Waals surface area (Å²) in [5.41, 5.74) is 1.16. The molecule has 0 radical (unpaired) electrons. The minimum atomic E-state index is -0.970. The monoisotopic (exact) mass is 236 g/mol. The van der Waals surface area contributed by atoms with Crippen LogP contribution in [0.1, 0.15) is 27.2 Å². The first-order chi connectivity index (χ1) is 7.93. The first kappa shape index (κ1) is 12.0. The van der Waals surface area contributed by atoms with Crippen LogP contribution in [0.15, 0.2) is 23.0 Å². The molecule has 92 valence electrons. The van der Waals surface area contributed by atoms with Crippen molar-refractivity contribution >= 4 is 11.6 Å². The van der Waals surface area contributed by atoms with E-state index in [4.69, 9.17) is 4.74 Å². The second-order valence-electron chi connectivity index (χ2n) is 4.80. The Morgan fingerprint density at radius 2 is 2.00 bits per heavy atom. The normalized spacial score (nSPS) is 31.6. The molecule has 2 aliphatic rings. The van der Waals surface area contributed by atoms with E-state index in [1.54, 1.807) is 6.92 Å². The van der Waals surface area contributed by atoms with Crippen molar-refractivity contribution in [2.75, 3.05) is 0 Å². The van der Waals surface area contributed by atoms with Gasteiger partial charge in [0.05, 0.1) is 5.92 Å². The summed E-state index contributed by atoms with van der Waals surface area (Å²) >= 11 is 0. The molecule has 2 unspecified atom stereocenters. The van der Waals surface area contributed by atoms with Crippen LogP contribution >= 0.6 is 0 Å². The number of Topliss-reactive ketones (excluding diaryl/α,β-unsaturated/α-hetero) is 2. The third kappa shape index (κ3) is 1.82. The van der Waals surface area contributed by atoms with Gasteiger partial charge in [0.2, 0.25) is 5.78 Å². The molecule has 0 aromatic carbocycles. The highest BCUT2D eigenvalue weighted by atomic mass is 16.5. The summed E-state index contributed by atoms with van der Waals surface area (Å²) in [7, 11) is 0. The Morgan fingerprint density at radius 3 is 2.53 bits per heavy atom. The molecule has 0 saturated heterocycles. The molecule has 0 aromatic heterocycles. The molecule has 0 aromatic rings. The van der Waals surface area contributed by atoms with Crippen molar-refractivity contribution in [3.8, 4) is 0 Å². The lowest BCUT2D eigenvalue weighted by atomic mass is 9.95. The van der Waals surface area contributed by atoms with Crippen molar-refractivity contribution in [1.82, 2.24) is 0 Å². The summed E-state index contributed by atoms with van der Waals surface area (Å²) in [5.74, 6) is -0.964. The van der Waals surface area contributed by atoms with Gasteiger partial charge in [-0.15, -0.1) is 0 Å². The van der Waals surface area contributed by atoms with Crippen LogP contribution in [0, 0.1) is 5.92 Å². The highest BCUT2D eigenvalue weighted by Crippen LogP contribution is 2.38. The van der Waals surface area contributed by atoms with E-state index in [1.807, 2.05) is 19.9 Å². The number of aliphatic hydroxyl groups excluding tert-OH is 1. The van der Waals surface area contributed by atoms with Crippen molar-refractivity contribution < 1.29 is 19.4 Å². The highest BCUT2D eigenvalue weighted by Gasteiger charge is 2.50. The van der Waals surface area contributed by atoms with Crippen molar-refractivity contribution in [2.45, 2.75) is 39.4 Å². The minimum Gasteiger partial charge on any atom is -0.483 e. The molecule has 0 saturated carbocycles. The van der Waals surface area contributed by atoms with Gasteiger partial charge in [0.1, 0.15) is 17.4 Å². The van der Waals surface area contributed by atoms with Gasteiger partial charge < -0.3 is 9.84 Å². The summed E-state index contributed by atoms with van der Waals surface area (Å²) in [5, 5.41) is 9.99. The zero-order chi connectivity index (χ0) is 12.7. The van der Waals surface area contributed by atoms with Crippen molar-refractivity contribution in [2.24, 2.45) is 5.92 Å². The lowest BCUT2D eigenvalue weighted by Gasteiger charge is -2.17. The van der Waals surface area contributed by atoms with Gasteiger partial charge in [-0.2, -0.15) is 0 Å². The first-order valence-electron chi connectivity index (χ1n) is 5.74. The van der Waals surface area contributed by atoms with Crippen LogP contribution in [-0.2, 0) is 14.3 Å². The van der Waals surface area contributed by atoms with Gasteiger partial charge in [-0.25, -0.2) is 0 Å². The maximum Gasteiger partial charge on any atom is 0.210 e. The molecule has 4 heteroatoms. The fraction of sp³-hybridized carbons (Fsp3) is 0.538. The fourth-order valence-corrected chi connectivity index (χ4v) is 2.20. The summed E-state index contributed by atoms with van der Waals surface area (Å²) in [4.78, 5) is 23.7. The van der Waals surface area contributed by atoms with E-state index in [0.717, 1.165) is 5.57 Å². The largest absolute Gasteiger partial charge is 0.483 e. The Balaban J connectivity index is 2.22. The third-order valence-corrected chi connectivity index (χ3v) is 3.18. The van der Waals surface area contributed by atoms with E-state index >= 15 is 0 Å². The third-order valence-electron chi connectivity index (χ3n) is 3.18. The standard InChI is InChI=1S/C13H16O4/c1-6(2)4-5-8-11(15)9-10(14)7(3)17-13(9)12(8)16/h4,7-8,12,16H,5H2,1-3H3/t7?,8-,12?/m1/s1. The van der Waals surface area contributed by atoms with Crippen molar-refractivity contribution in [1.29, 1.82) is 0 Å². The maximum absolute atomic E-state index is 12.0. The van der Waals surface area contributed by atoms with E-state index in [2.05, 4.69) is 0 Å². The van der Waals surface area contributed by atoms with Gasteiger partial charge in [0, 0.05) is 0 Å². The molecule has 1 N–H and O–H groups in total. The molecule has 17 heavy (non-hydrogen) atoms. The molecule has 0 fully saturated rings. The van der Waals surface area contributed by atoms with Crippen LogP contribution in [0.2, 0.25) is 0 Å². The average Bonchev–Trinajstić information content (AvgIpc) is 2.65. The van der Waals surface area contributed by atoms with Crippen molar-refractivity contribution in [3.05, 3.63) is 23.0 Å². The van der Waals surface area contributed by atoms with Crippen LogP contribution in [-0.4, -0.2) is 28.9 Å². The summed E-state index contributed by atoms with van der Waals surface area (Å²) in [6.45, 7) is 5.44. The second kappa shape index (κ2) is 4.11. The number of allylic oxidation sites excluding steroid dienone is 2. The van der Waals surface area contributed by atoms with Crippen molar-refractivity contribution in [3.63, 3.8) is 0 Å². The smallest absolute Gasteiger partial charge is 0.210 e. The Hall–Kier alpha value is -1.42. The second-order valence-corrected chi connectivity index (χ2v) is 4.80. The van der Waals surface area contributed by atoms with Gasteiger partial charge in [0.15, 0.2) is 11.9 Å². The van der Waals surface area contributed by atoms with E-state index in [1.165, 1.54) is 0 Å². The van der Waals surface area contributed by atoms with E-state index in [0.29, 0.717) is 6.42 Å². The molecule has 1 heterocycles. The lowest BCUT2D eigenvalue weighted by molar-refractivity contribution is -0.127. The number of ketones is 2. The molecular weight excluding hydrogens is 220 g/mol. The Kier molecular flexibility index (Phi) is 2.91. The first-order valence-corrected chi connectivity index (χ1v) is 5.74. The Labute approximate surface area is 100.0 Å². The molecular formula is C13H16O4. The minimum absolute atomic E-state index is 0.0807. The summed E-state index contributed by atoms with van der Waals surface area (Å²) in [6.07, 6.45) is 0.729. The van der Waals surface area contributed by atoms with Crippen LogP contribution in [0.4, 0.5) is 0 Å².